The molecule has 0 aliphatic rings. The predicted octanol–water partition coefficient (Wildman–Crippen LogP) is 5.02. The first-order chi connectivity index (χ1) is 16.1. The molecule has 1 N–H and O–H groups in total. The smallest absolute Gasteiger partial charge is 0.253 e. The molecule has 0 aliphatic heterocycles. The summed E-state index contributed by atoms with van der Waals surface area (Å²) in [4.78, 5) is 17.8. The average Bonchev–Trinajstić information content (AvgIpc) is 3.46. The van der Waals surface area contributed by atoms with Crippen LogP contribution in [0.25, 0.3) is 22.0 Å². The fraction of sp³-hybridized carbons (Fsp3) is 0.231. The lowest BCUT2D eigenvalue weighted by Gasteiger charge is -2.12. The molecule has 0 radical (unpaired) electrons. The molecule has 0 saturated carbocycles. The number of carbonyl (C=O) groups excluding carboxylic acids is 1. The summed E-state index contributed by atoms with van der Waals surface area (Å²) in [6.07, 6.45) is 0. The number of rotatable bonds is 9. The van der Waals surface area contributed by atoms with Gasteiger partial charge in [0.15, 0.2) is 0 Å². The summed E-state index contributed by atoms with van der Waals surface area (Å²) in [6.45, 7) is 3.52. The van der Waals surface area contributed by atoms with Gasteiger partial charge in [0, 0.05) is 36.8 Å². The molecule has 0 fully saturated rings. The van der Waals surface area contributed by atoms with Crippen molar-refractivity contribution < 1.29 is 14.3 Å². The van der Waals surface area contributed by atoms with Gasteiger partial charge in [-0.15, -0.1) is 11.3 Å². The van der Waals surface area contributed by atoms with Crippen LogP contribution >= 0.6 is 11.3 Å². The van der Waals surface area contributed by atoms with E-state index < -0.39 is 0 Å². The molecule has 2 aromatic carbocycles. The summed E-state index contributed by atoms with van der Waals surface area (Å²) in [6, 6.07) is 20.0. The number of hydrogen-bond acceptors (Lipinski definition) is 5. The molecule has 33 heavy (non-hydrogen) atoms. The van der Waals surface area contributed by atoms with Gasteiger partial charge in [-0.2, -0.15) is 0 Å². The van der Waals surface area contributed by atoms with Gasteiger partial charge in [0.2, 0.25) is 0 Å². The summed E-state index contributed by atoms with van der Waals surface area (Å²) in [7, 11) is 3.28. The van der Waals surface area contributed by atoms with Crippen LogP contribution in [0, 0.1) is 6.92 Å². The van der Waals surface area contributed by atoms with E-state index in [-0.39, 0.29) is 5.91 Å². The molecular weight excluding hydrogens is 434 g/mol. The lowest BCUT2D eigenvalue weighted by atomic mass is 10.2. The molecule has 4 aromatic rings. The van der Waals surface area contributed by atoms with Gasteiger partial charge in [0.25, 0.3) is 5.91 Å². The molecule has 0 bridgehead atoms. The number of nitrogens with zero attached hydrogens (tertiary/aromatic N) is 2. The lowest BCUT2D eigenvalue weighted by Crippen LogP contribution is -2.27. The minimum absolute atomic E-state index is 0.113. The van der Waals surface area contributed by atoms with Crippen LogP contribution in [0.4, 0.5) is 0 Å². The van der Waals surface area contributed by atoms with Gasteiger partial charge in [-0.25, -0.2) is 4.98 Å². The van der Waals surface area contributed by atoms with E-state index in [2.05, 4.69) is 22.0 Å². The van der Waals surface area contributed by atoms with Gasteiger partial charge >= 0.3 is 0 Å². The highest BCUT2D eigenvalue weighted by Crippen LogP contribution is 2.32. The number of benzene rings is 2. The van der Waals surface area contributed by atoms with Crippen molar-refractivity contribution in [1.29, 1.82) is 0 Å². The summed E-state index contributed by atoms with van der Waals surface area (Å²) in [5.74, 6) is 0.700. The second-order valence-electron chi connectivity index (χ2n) is 7.62. The monoisotopic (exact) mass is 461 g/mol. The molecule has 0 saturated heterocycles. The van der Waals surface area contributed by atoms with E-state index in [1.165, 1.54) is 0 Å². The number of ether oxygens (including phenoxy) is 2. The fourth-order valence-corrected chi connectivity index (χ4v) is 4.49. The number of methoxy groups -OCH3 is 2. The predicted molar refractivity (Wildman–Crippen MR) is 132 cm³/mol. The van der Waals surface area contributed by atoms with Gasteiger partial charge in [0.1, 0.15) is 10.8 Å². The van der Waals surface area contributed by atoms with Gasteiger partial charge < -0.3 is 19.4 Å². The molecule has 2 heterocycles. The molecule has 0 aliphatic carbocycles. The van der Waals surface area contributed by atoms with Gasteiger partial charge in [0.05, 0.1) is 30.7 Å². The van der Waals surface area contributed by atoms with Crippen molar-refractivity contribution in [1.82, 2.24) is 14.9 Å². The standard InChI is InChI=1S/C26H27N3O3S/c1-18-22(25(30)27-13-14-31-2)15-24(29(18)16-19-9-11-21(32-3)12-10-19)23-17-33-26(28-23)20-7-5-4-6-8-20/h4-12,15,17H,13-14,16H2,1-3H3,(H,27,30). The third-order valence-corrected chi connectivity index (χ3v) is 6.38. The van der Waals surface area contributed by atoms with E-state index in [1.807, 2.05) is 60.8 Å². The molecule has 0 unspecified atom stereocenters. The Morgan fingerprint density at radius 2 is 1.85 bits per heavy atom. The van der Waals surface area contributed by atoms with Crippen LogP contribution in [0.15, 0.2) is 66.0 Å². The highest BCUT2D eigenvalue weighted by molar-refractivity contribution is 7.13. The molecule has 170 valence electrons. The van der Waals surface area contributed by atoms with Crippen molar-refractivity contribution in [3.63, 3.8) is 0 Å². The van der Waals surface area contributed by atoms with E-state index in [9.17, 15) is 4.79 Å². The molecule has 7 heteroatoms. The minimum Gasteiger partial charge on any atom is -0.497 e. The number of carbonyl (C=O) groups is 1. The SMILES string of the molecule is COCCNC(=O)c1cc(-c2csc(-c3ccccc3)n2)n(Cc2ccc(OC)cc2)c1C. The van der Waals surface area contributed by atoms with E-state index in [0.717, 1.165) is 39.0 Å². The largest absolute Gasteiger partial charge is 0.497 e. The van der Waals surface area contributed by atoms with Crippen LogP contribution in [0.2, 0.25) is 0 Å². The number of amides is 1. The second-order valence-corrected chi connectivity index (χ2v) is 8.47. The fourth-order valence-electron chi connectivity index (χ4n) is 3.67. The third kappa shape index (κ3) is 5.16. The third-order valence-electron chi connectivity index (χ3n) is 5.49. The topological polar surface area (TPSA) is 65.4 Å². The Hall–Kier alpha value is -3.42. The summed E-state index contributed by atoms with van der Waals surface area (Å²) < 4.78 is 12.5. The van der Waals surface area contributed by atoms with Crippen LogP contribution in [-0.2, 0) is 11.3 Å². The highest BCUT2D eigenvalue weighted by Gasteiger charge is 2.20. The van der Waals surface area contributed by atoms with Gasteiger partial charge in [-0.05, 0) is 30.7 Å². The quantitative estimate of drug-likeness (QED) is 0.356. The van der Waals surface area contributed by atoms with Gasteiger partial charge in [-0.1, -0.05) is 42.5 Å². The van der Waals surface area contributed by atoms with Crippen LogP contribution in [0.1, 0.15) is 21.6 Å². The average molecular weight is 462 g/mol. The minimum atomic E-state index is -0.113. The summed E-state index contributed by atoms with van der Waals surface area (Å²) in [5.41, 5.74) is 5.50. The Morgan fingerprint density at radius 3 is 2.55 bits per heavy atom. The zero-order chi connectivity index (χ0) is 23.2. The van der Waals surface area contributed by atoms with E-state index in [4.69, 9.17) is 14.5 Å². The molecule has 4 rings (SSSR count). The van der Waals surface area contributed by atoms with E-state index in [1.54, 1.807) is 25.6 Å². The Bertz CT molecular complexity index is 1210. The van der Waals surface area contributed by atoms with Crippen molar-refractivity contribution in [3.05, 3.63) is 82.9 Å². The molecule has 0 atom stereocenters. The number of nitrogens with one attached hydrogen (secondary N) is 1. The molecule has 1 amide bonds. The second kappa shape index (κ2) is 10.5. The molecule has 6 nitrogen and oxygen atoms in total. The lowest BCUT2D eigenvalue weighted by molar-refractivity contribution is 0.0936. The zero-order valence-corrected chi connectivity index (χ0v) is 19.8. The van der Waals surface area contributed by atoms with Gasteiger partial charge in [-0.3, -0.25) is 4.79 Å². The molecule has 2 aromatic heterocycles. The first kappa shape index (κ1) is 22.8. The first-order valence-electron chi connectivity index (χ1n) is 10.7. The van der Waals surface area contributed by atoms with Crippen molar-refractivity contribution >= 4 is 17.2 Å². The summed E-state index contributed by atoms with van der Waals surface area (Å²) in [5, 5.41) is 5.93. The van der Waals surface area contributed by atoms with Crippen molar-refractivity contribution in [2.24, 2.45) is 0 Å². The first-order valence-corrected chi connectivity index (χ1v) is 11.6. The van der Waals surface area contributed by atoms with Crippen LogP contribution in [0.5, 0.6) is 5.75 Å². The van der Waals surface area contributed by atoms with Crippen molar-refractivity contribution in [2.45, 2.75) is 13.5 Å². The number of thiazole rings is 1. The normalized spacial score (nSPS) is 10.9. The van der Waals surface area contributed by atoms with Crippen molar-refractivity contribution in [2.75, 3.05) is 27.4 Å². The summed E-state index contributed by atoms with van der Waals surface area (Å²) >= 11 is 1.60. The van der Waals surface area contributed by atoms with Crippen LogP contribution < -0.4 is 10.1 Å². The molecular formula is C26H27N3O3S. The highest BCUT2D eigenvalue weighted by atomic mass is 32.1. The Morgan fingerprint density at radius 1 is 1.09 bits per heavy atom. The van der Waals surface area contributed by atoms with Crippen molar-refractivity contribution in [3.8, 4) is 27.7 Å². The molecule has 0 spiro atoms. The van der Waals surface area contributed by atoms with E-state index in [0.29, 0.717) is 25.3 Å². The maximum atomic E-state index is 12.9. The Labute approximate surface area is 197 Å². The zero-order valence-electron chi connectivity index (χ0n) is 19.0. The van der Waals surface area contributed by atoms with Crippen LogP contribution in [0.3, 0.4) is 0 Å². The number of aromatic nitrogens is 2. The Balaban J connectivity index is 1.71. The number of hydrogen-bond donors (Lipinski definition) is 1. The maximum Gasteiger partial charge on any atom is 0.253 e. The Kier molecular flexibility index (Phi) is 7.22. The maximum absolute atomic E-state index is 12.9. The van der Waals surface area contributed by atoms with E-state index >= 15 is 0 Å². The van der Waals surface area contributed by atoms with Crippen LogP contribution in [-0.4, -0.2) is 42.8 Å².